The molecule has 0 unspecified atom stereocenters. The molecule has 0 rings (SSSR count). The molecule has 0 N–H and O–H groups in total. The largest absolute Gasteiger partial charge is 0.349 e. The molecule has 0 bridgehead atoms. The molecule has 0 aliphatic carbocycles. The zero-order chi connectivity index (χ0) is 16.6. The van der Waals surface area contributed by atoms with Crippen LogP contribution in [0.2, 0.25) is 0 Å². The van der Waals surface area contributed by atoms with Crippen LogP contribution in [-0.4, -0.2) is 19.5 Å². The van der Waals surface area contributed by atoms with Crippen LogP contribution in [0.1, 0.15) is 92.4 Å². The smallest absolute Gasteiger partial charge is 0.177 e. The van der Waals surface area contributed by atoms with Gasteiger partial charge in [-0.2, -0.15) is 0 Å². The van der Waals surface area contributed by atoms with Gasteiger partial charge in [0.05, 0.1) is 13.2 Å². The van der Waals surface area contributed by atoms with Crippen LogP contribution >= 0.6 is 0 Å². The molecule has 2 heteroatoms. The second kappa shape index (κ2) is 15.6. The first-order valence-corrected chi connectivity index (χ1v) is 9.50. The van der Waals surface area contributed by atoms with Gasteiger partial charge in [-0.15, -0.1) is 0 Å². The van der Waals surface area contributed by atoms with Crippen LogP contribution in [0.25, 0.3) is 0 Å². The molecular formula is C20H40O2. The molecule has 0 aromatic carbocycles. The van der Waals surface area contributed by atoms with E-state index in [0.717, 1.165) is 38.4 Å². The quantitative estimate of drug-likeness (QED) is 0.195. The van der Waals surface area contributed by atoms with Gasteiger partial charge >= 0.3 is 0 Å². The lowest BCUT2D eigenvalue weighted by atomic mass is 10.0. The van der Waals surface area contributed by atoms with Crippen molar-refractivity contribution in [2.75, 3.05) is 13.2 Å². The summed E-state index contributed by atoms with van der Waals surface area (Å²) in [5.41, 5.74) is 1.40. The van der Waals surface area contributed by atoms with Crippen LogP contribution in [0.15, 0.2) is 11.6 Å². The molecule has 0 amide bonds. The minimum Gasteiger partial charge on any atom is -0.349 e. The Morgan fingerprint density at radius 3 is 1.86 bits per heavy atom. The van der Waals surface area contributed by atoms with Gasteiger partial charge in [-0.05, 0) is 44.6 Å². The van der Waals surface area contributed by atoms with Gasteiger partial charge in [0.25, 0.3) is 0 Å². The molecule has 2 nitrogen and oxygen atoms in total. The highest BCUT2D eigenvalue weighted by atomic mass is 16.7. The van der Waals surface area contributed by atoms with E-state index in [-0.39, 0.29) is 6.29 Å². The highest BCUT2D eigenvalue weighted by Gasteiger charge is 2.07. The zero-order valence-corrected chi connectivity index (χ0v) is 15.8. The topological polar surface area (TPSA) is 18.5 Å². The number of hydrogen-bond acceptors (Lipinski definition) is 2. The van der Waals surface area contributed by atoms with Crippen LogP contribution in [0, 0.1) is 5.92 Å². The summed E-state index contributed by atoms with van der Waals surface area (Å²) in [5, 5.41) is 0. The highest BCUT2D eigenvalue weighted by Crippen LogP contribution is 2.14. The first kappa shape index (κ1) is 21.7. The maximum atomic E-state index is 5.92. The van der Waals surface area contributed by atoms with Gasteiger partial charge in [-0.1, -0.05) is 65.4 Å². The Morgan fingerprint density at radius 1 is 0.864 bits per heavy atom. The summed E-state index contributed by atoms with van der Waals surface area (Å²) in [5.74, 6) is 0.791. The molecule has 0 fully saturated rings. The second-order valence-electron chi connectivity index (χ2n) is 6.82. The van der Waals surface area contributed by atoms with Gasteiger partial charge in [-0.3, -0.25) is 0 Å². The molecule has 0 aliphatic rings. The first-order chi connectivity index (χ1) is 10.6. The average Bonchev–Trinajstić information content (AvgIpc) is 2.47. The molecule has 132 valence electrons. The van der Waals surface area contributed by atoms with E-state index in [2.05, 4.69) is 40.7 Å². The van der Waals surface area contributed by atoms with Crippen molar-refractivity contribution in [3.8, 4) is 0 Å². The van der Waals surface area contributed by atoms with Crippen molar-refractivity contribution < 1.29 is 9.47 Å². The monoisotopic (exact) mass is 312 g/mol. The predicted octanol–water partition coefficient (Wildman–Crippen LogP) is 6.50. The molecule has 0 aliphatic heterocycles. The summed E-state index contributed by atoms with van der Waals surface area (Å²) in [4.78, 5) is 0. The van der Waals surface area contributed by atoms with E-state index in [1.165, 1.54) is 44.1 Å². The Morgan fingerprint density at radius 2 is 1.41 bits per heavy atom. The van der Waals surface area contributed by atoms with Gasteiger partial charge < -0.3 is 9.47 Å². The summed E-state index contributed by atoms with van der Waals surface area (Å²) in [6.45, 7) is 12.8. The van der Waals surface area contributed by atoms with E-state index < -0.39 is 0 Å². The molecule has 0 aromatic rings. The predicted molar refractivity (Wildman–Crippen MR) is 97.2 cm³/mol. The lowest BCUT2D eigenvalue weighted by Crippen LogP contribution is -2.17. The number of unbranched alkanes of at least 4 members (excludes halogenated alkanes) is 4. The van der Waals surface area contributed by atoms with Gasteiger partial charge in [0.1, 0.15) is 0 Å². The minimum atomic E-state index is -0.146. The van der Waals surface area contributed by atoms with Crippen LogP contribution in [0.4, 0.5) is 0 Å². The van der Waals surface area contributed by atoms with Crippen molar-refractivity contribution >= 4 is 0 Å². The fraction of sp³-hybridized carbons (Fsp3) is 0.900. The molecule has 0 radical (unpaired) electrons. The molecule has 0 saturated heterocycles. The lowest BCUT2D eigenvalue weighted by molar-refractivity contribution is -0.113. The van der Waals surface area contributed by atoms with E-state index in [1.807, 2.05) is 0 Å². The molecule has 0 saturated carbocycles. The SMILES string of the molecule is CCCCCOC(/C=C(\C)CCCC(C)C)OCCCCC. The van der Waals surface area contributed by atoms with Crippen molar-refractivity contribution in [2.24, 2.45) is 5.92 Å². The van der Waals surface area contributed by atoms with Crippen LogP contribution in [0.5, 0.6) is 0 Å². The van der Waals surface area contributed by atoms with E-state index >= 15 is 0 Å². The number of hydrogen-bond donors (Lipinski definition) is 0. The Hall–Kier alpha value is -0.340. The Bertz CT molecular complexity index is 246. The van der Waals surface area contributed by atoms with Crippen molar-refractivity contribution in [3.05, 3.63) is 11.6 Å². The van der Waals surface area contributed by atoms with Crippen molar-refractivity contribution in [3.63, 3.8) is 0 Å². The number of rotatable bonds is 15. The molecule has 0 spiro atoms. The van der Waals surface area contributed by atoms with Gasteiger partial charge in [0.2, 0.25) is 0 Å². The number of allylic oxidation sites excluding steroid dienone is 1. The maximum Gasteiger partial charge on any atom is 0.177 e. The second-order valence-corrected chi connectivity index (χ2v) is 6.82. The molecule has 22 heavy (non-hydrogen) atoms. The lowest BCUT2D eigenvalue weighted by Gasteiger charge is -2.17. The van der Waals surface area contributed by atoms with E-state index in [0.29, 0.717) is 0 Å². The fourth-order valence-electron chi connectivity index (χ4n) is 2.35. The summed E-state index contributed by atoms with van der Waals surface area (Å²) in [7, 11) is 0. The summed E-state index contributed by atoms with van der Waals surface area (Å²) >= 11 is 0. The molecular weight excluding hydrogens is 272 g/mol. The summed E-state index contributed by atoms with van der Waals surface area (Å²) in [6, 6.07) is 0. The molecule has 0 atom stereocenters. The minimum absolute atomic E-state index is 0.146. The van der Waals surface area contributed by atoms with E-state index in [9.17, 15) is 0 Å². The molecule has 0 heterocycles. The Kier molecular flexibility index (Phi) is 15.3. The van der Waals surface area contributed by atoms with Gasteiger partial charge in [-0.25, -0.2) is 0 Å². The van der Waals surface area contributed by atoms with Crippen LogP contribution in [0.3, 0.4) is 0 Å². The number of ether oxygens (including phenoxy) is 2. The van der Waals surface area contributed by atoms with Crippen molar-refractivity contribution in [1.82, 2.24) is 0 Å². The zero-order valence-electron chi connectivity index (χ0n) is 15.8. The van der Waals surface area contributed by atoms with E-state index in [1.54, 1.807) is 0 Å². The van der Waals surface area contributed by atoms with E-state index in [4.69, 9.17) is 9.47 Å². The van der Waals surface area contributed by atoms with Crippen molar-refractivity contribution in [1.29, 1.82) is 0 Å². The van der Waals surface area contributed by atoms with Gasteiger partial charge in [0.15, 0.2) is 6.29 Å². The maximum absolute atomic E-state index is 5.92. The highest BCUT2D eigenvalue weighted by molar-refractivity contribution is 5.00. The normalized spacial score (nSPS) is 12.6. The summed E-state index contributed by atoms with van der Waals surface area (Å²) in [6.07, 6.45) is 13.0. The third kappa shape index (κ3) is 14.6. The van der Waals surface area contributed by atoms with Crippen molar-refractivity contribution in [2.45, 2.75) is 98.7 Å². The third-order valence-corrected chi connectivity index (χ3v) is 3.83. The fourth-order valence-corrected chi connectivity index (χ4v) is 2.35. The third-order valence-electron chi connectivity index (χ3n) is 3.83. The Balaban J connectivity index is 4.16. The Labute approximate surface area is 139 Å². The summed E-state index contributed by atoms with van der Waals surface area (Å²) < 4.78 is 11.8. The van der Waals surface area contributed by atoms with Crippen LogP contribution < -0.4 is 0 Å². The first-order valence-electron chi connectivity index (χ1n) is 9.50. The van der Waals surface area contributed by atoms with Crippen LogP contribution in [-0.2, 0) is 9.47 Å². The average molecular weight is 313 g/mol. The molecule has 0 aromatic heterocycles. The van der Waals surface area contributed by atoms with Gasteiger partial charge in [0, 0.05) is 0 Å². The standard InChI is InChI=1S/C20H40O2/c1-6-8-10-15-21-20(22-16-11-9-7-2)17-19(5)14-12-13-18(3)4/h17-18,20H,6-16H2,1-5H3/b19-17+.